The van der Waals surface area contributed by atoms with E-state index < -0.39 is 34.5 Å². The monoisotopic (exact) mass is 552 g/mol. The molecule has 35 heavy (non-hydrogen) atoms. The minimum Gasteiger partial charge on any atom is -0.476 e. The van der Waals surface area contributed by atoms with E-state index in [0.717, 1.165) is 4.47 Å². The fourth-order valence-corrected chi connectivity index (χ4v) is 6.08. The second kappa shape index (κ2) is 8.07. The molecule has 0 spiro atoms. The smallest absolute Gasteiger partial charge is 0.230 e. The highest BCUT2D eigenvalue weighted by Crippen LogP contribution is 2.71. The van der Waals surface area contributed by atoms with Gasteiger partial charge in [0, 0.05) is 36.7 Å². The van der Waals surface area contributed by atoms with E-state index in [1.165, 1.54) is 17.2 Å². The second-order valence-corrected chi connectivity index (χ2v) is 10.4. The molecule has 4 unspecified atom stereocenters. The van der Waals surface area contributed by atoms with Crippen LogP contribution in [0, 0.1) is 18.3 Å². The molecule has 1 amide bonds. The molecule has 2 N–H and O–H groups in total. The fourth-order valence-electron chi connectivity index (χ4n) is 5.67. The highest BCUT2D eigenvalue weighted by molar-refractivity contribution is 9.10. The average molecular weight is 554 g/mol. The molecule has 0 bridgehead atoms. The largest absolute Gasteiger partial charge is 0.476 e. The number of ether oxygens (including phenoxy) is 1. The van der Waals surface area contributed by atoms with E-state index in [0.29, 0.717) is 16.1 Å². The Kier molecular flexibility index (Phi) is 5.50. The highest BCUT2D eigenvalue weighted by atomic mass is 79.9. The number of amides is 1. The van der Waals surface area contributed by atoms with E-state index in [2.05, 4.69) is 26.8 Å². The summed E-state index contributed by atoms with van der Waals surface area (Å²) in [7, 11) is 3.16. The van der Waals surface area contributed by atoms with Crippen molar-refractivity contribution in [2.45, 2.75) is 22.7 Å². The number of carbonyl (C=O) groups is 1. The van der Waals surface area contributed by atoms with E-state index in [9.17, 15) is 15.0 Å². The van der Waals surface area contributed by atoms with Crippen molar-refractivity contribution in [1.82, 2.24) is 9.88 Å². The van der Waals surface area contributed by atoms with Crippen molar-refractivity contribution in [3.8, 4) is 18.1 Å². The van der Waals surface area contributed by atoms with Gasteiger partial charge in [-0.2, -0.15) is 0 Å². The molecule has 5 atom stereocenters. The first-order chi connectivity index (χ1) is 16.6. The summed E-state index contributed by atoms with van der Waals surface area (Å²) in [4.78, 5) is 19.5. The van der Waals surface area contributed by atoms with Crippen LogP contribution < -0.4 is 4.74 Å². The van der Waals surface area contributed by atoms with Crippen LogP contribution in [0.3, 0.4) is 0 Å². The molecule has 5 rings (SSSR count). The third-order valence-electron chi connectivity index (χ3n) is 7.10. The second-order valence-electron chi connectivity index (χ2n) is 9.06. The molecule has 6 nitrogen and oxygen atoms in total. The molecule has 1 fully saturated rings. The number of carbonyl (C=O) groups excluding carboxylic acids is 1. The molecular formula is C27H22BrClN2O4. The lowest BCUT2D eigenvalue weighted by Gasteiger charge is -2.41. The lowest BCUT2D eigenvalue weighted by molar-refractivity contribution is -0.183. The Morgan fingerprint density at radius 1 is 1.17 bits per heavy atom. The predicted octanol–water partition coefficient (Wildman–Crippen LogP) is 3.84. The molecule has 1 aliphatic carbocycles. The number of aromatic nitrogens is 1. The molecule has 1 aliphatic heterocycles. The maximum atomic E-state index is 13.7. The third-order valence-corrected chi connectivity index (χ3v) is 7.84. The topological polar surface area (TPSA) is 82.9 Å². The zero-order valence-electron chi connectivity index (χ0n) is 18.9. The quantitative estimate of drug-likeness (QED) is 0.482. The van der Waals surface area contributed by atoms with Gasteiger partial charge in [-0.05, 0) is 23.3 Å². The summed E-state index contributed by atoms with van der Waals surface area (Å²) in [5.41, 5.74) is -5.16. The van der Waals surface area contributed by atoms with Crippen molar-refractivity contribution in [3.63, 3.8) is 0 Å². The van der Waals surface area contributed by atoms with Crippen LogP contribution in [0.15, 0.2) is 71.3 Å². The average Bonchev–Trinajstić information content (AvgIpc) is 3.20. The van der Waals surface area contributed by atoms with E-state index in [-0.39, 0.29) is 11.4 Å². The van der Waals surface area contributed by atoms with Crippen LogP contribution in [-0.2, 0) is 16.0 Å². The number of benzene rings is 2. The molecule has 2 aromatic carbocycles. The molecule has 178 valence electrons. The summed E-state index contributed by atoms with van der Waals surface area (Å²) >= 11 is 9.67. The number of hydrogen-bond acceptors (Lipinski definition) is 5. The zero-order chi connectivity index (χ0) is 25.2. The third kappa shape index (κ3) is 2.98. The van der Waals surface area contributed by atoms with Gasteiger partial charge in [-0.15, -0.1) is 6.42 Å². The van der Waals surface area contributed by atoms with Gasteiger partial charge in [0.25, 0.3) is 0 Å². The van der Waals surface area contributed by atoms with Crippen molar-refractivity contribution in [1.29, 1.82) is 0 Å². The van der Waals surface area contributed by atoms with Crippen molar-refractivity contribution >= 4 is 33.4 Å². The Morgan fingerprint density at radius 3 is 2.43 bits per heavy atom. The van der Waals surface area contributed by atoms with Crippen molar-refractivity contribution < 1.29 is 19.7 Å². The van der Waals surface area contributed by atoms with Crippen molar-refractivity contribution in [2.24, 2.45) is 5.92 Å². The maximum absolute atomic E-state index is 13.7. The summed E-state index contributed by atoms with van der Waals surface area (Å²) in [6.07, 6.45) is 7.33. The van der Waals surface area contributed by atoms with E-state index >= 15 is 0 Å². The summed E-state index contributed by atoms with van der Waals surface area (Å²) in [5, 5.41) is 25.2. The van der Waals surface area contributed by atoms with Crippen molar-refractivity contribution in [3.05, 3.63) is 93.2 Å². The van der Waals surface area contributed by atoms with Crippen LogP contribution in [-0.4, -0.2) is 45.7 Å². The number of aliphatic hydroxyl groups is 2. The van der Waals surface area contributed by atoms with Crippen LogP contribution >= 0.6 is 27.5 Å². The summed E-state index contributed by atoms with van der Waals surface area (Å²) in [6.45, 7) is 0. The van der Waals surface area contributed by atoms with Gasteiger partial charge in [0.05, 0.1) is 10.9 Å². The fraction of sp³-hybridized carbons (Fsp3) is 0.259. The van der Waals surface area contributed by atoms with Gasteiger partial charge in [-0.1, -0.05) is 75.9 Å². The van der Waals surface area contributed by atoms with E-state index in [1.54, 1.807) is 38.4 Å². The molecule has 2 aliphatic rings. The Hall–Kier alpha value is -2.89. The first-order valence-electron chi connectivity index (χ1n) is 10.9. The first-order valence-corrected chi connectivity index (χ1v) is 12.1. The minimum atomic E-state index is -2.38. The first kappa shape index (κ1) is 23.8. The standard InChI is InChI=1S/C27H22BrClN2O4/c1-4-25(33)22(24(32)31(2)3)21(16-8-6-5-7-9-16)26(17-10-12-18(28)13-11-17)27(25,34)23-20(35-26)14-19(29)15-30-23/h1,5-15,21-22,33-34H,2-3H3/t21-,22?,25?,26?,27?/m1/s1. The molecule has 0 saturated heterocycles. The molecule has 3 aromatic rings. The predicted molar refractivity (Wildman–Crippen MR) is 135 cm³/mol. The molecule has 1 saturated carbocycles. The molecule has 2 heterocycles. The molecule has 1 aromatic heterocycles. The number of fused-ring (bicyclic) bond motifs is 3. The van der Waals surface area contributed by atoms with Crippen LogP contribution in [0.4, 0.5) is 0 Å². The van der Waals surface area contributed by atoms with Crippen LogP contribution in [0.25, 0.3) is 0 Å². The SMILES string of the molecule is C#CC1(O)C(C(=O)N(C)C)[C@@H](c2ccccc2)C2(c3ccc(Br)cc3)Oc3cc(Cl)cnc3C12O. The summed E-state index contributed by atoms with van der Waals surface area (Å²) < 4.78 is 7.42. The number of pyridine rings is 1. The maximum Gasteiger partial charge on any atom is 0.230 e. The lowest BCUT2D eigenvalue weighted by Crippen LogP contribution is -2.59. The normalized spacial score (nSPS) is 30.7. The van der Waals surface area contributed by atoms with E-state index in [1.807, 2.05) is 30.3 Å². The minimum absolute atomic E-state index is 0.0280. The number of hydrogen-bond donors (Lipinski definition) is 2. The van der Waals surface area contributed by atoms with Gasteiger partial charge in [-0.25, -0.2) is 0 Å². The van der Waals surface area contributed by atoms with Crippen molar-refractivity contribution in [2.75, 3.05) is 14.1 Å². The van der Waals surface area contributed by atoms with Gasteiger partial charge in [0.2, 0.25) is 5.91 Å². The lowest BCUT2D eigenvalue weighted by atomic mass is 9.70. The molecule has 0 radical (unpaired) electrons. The van der Waals surface area contributed by atoms with Gasteiger partial charge >= 0.3 is 0 Å². The van der Waals surface area contributed by atoms with Gasteiger partial charge in [-0.3, -0.25) is 9.78 Å². The van der Waals surface area contributed by atoms with Crippen LogP contribution in [0.5, 0.6) is 5.75 Å². The van der Waals surface area contributed by atoms with Gasteiger partial charge in [0.1, 0.15) is 11.4 Å². The zero-order valence-corrected chi connectivity index (χ0v) is 21.3. The van der Waals surface area contributed by atoms with Crippen LogP contribution in [0.2, 0.25) is 5.02 Å². The van der Waals surface area contributed by atoms with E-state index in [4.69, 9.17) is 22.8 Å². The summed E-state index contributed by atoms with van der Waals surface area (Å²) in [6, 6.07) is 17.8. The number of halogens is 2. The summed E-state index contributed by atoms with van der Waals surface area (Å²) in [5.74, 6) is -0.0133. The molecule has 8 heteroatoms. The highest BCUT2D eigenvalue weighted by Gasteiger charge is 2.84. The van der Waals surface area contributed by atoms with Gasteiger partial charge < -0.3 is 19.8 Å². The number of nitrogens with zero attached hydrogens (tertiary/aromatic N) is 2. The Morgan fingerprint density at radius 2 is 1.83 bits per heavy atom. The number of terminal acetylenes is 1. The number of rotatable bonds is 3. The van der Waals surface area contributed by atoms with Crippen LogP contribution in [0.1, 0.15) is 22.7 Å². The molecular weight excluding hydrogens is 532 g/mol. The Labute approximate surface area is 216 Å². The Bertz CT molecular complexity index is 1360. The van der Waals surface area contributed by atoms with Gasteiger partial charge in [0.15, 0.2) is 16.8 Å². The Balaban J connectivity index is 1.95.